The van der Waals surface area contributed by atoms with E-state index < -0.39 is 10.0 Å². The number of benzene rings is 1. The lowest BCUT2D eigenvalue weighted by atomic mass is 10.1. The van der Waals surface area contributed by atoms with Gasteiger partial charge in [-0.1, -0.05) is 24.3 Å². The molecule has 1 aromatic carbocycles. The Hall–Kier alpha value is -1.44. The molecule has 0 atom stereocenters. The molecule has 0 saturated carbocycles. The van der Waals surface area contributed by atoms with E-state index in [2.05, 4.69) is 25.6 Å². The number of rotatable bonds is 5. The molecule has 7 heteroatoms. The van der Waals surface area contributed by atoms with Crippen molar-refractivity contribution in [2.45, 2.75) is 19.2 Å². The SMILES string of the molecule is Cc1cc(Br)cnc1NS(=O)(=O)Cc1ccc(CN)cc1. The largest absolute Gasteiger partial charge is 0.326 e. The average Bonchev–Trinajstić information content (AvgIpc) is 2.42. The summed E-state index contributed by atoms with van der Waals surface area (Å²) in [6.45, 7) is 2.24. The molecule has 0 bridgehead atoms. The summed E-state index contributed by atoms with van der Waals surface area (Å²) in [7, 11) is -3.50. The first-order valence-corrected chi connectivity index (χ1v) is 8.74. The number of halogens is 1. The fraction of sp³-hybridized carbons (Fsp3) is 0.214. The fourth-order valence-corrected chi connectivity index (χ4v) is 3.48. The van der Waals surface area contributed by atoms with Crippen LogP contribution in [-0.4, -0.2) is 13.4 Å². The van der Waals surface area contributed by atoms with Crippen LogP contribution >= 0.6 is 15.9 Å². The Morgan fingerprint density at radius 2 is 1.86 bits per heavy atom. The van der Waals surface area contributed by atoms with Crippen molar-refractivity contribution in [3.05, 3.63) is 57.7 Å². The van der Waals surface area contributed by atoms with Crippen LogP contribution in [0.15, 0.2) is 41.0 Å². The number of aryl methyl sites for hydroxylation is 1. The fourth-order valence-electron chi connectivity index (χ4n) is 1.82. The second-order valence-electron chi connectivity index (χ2n) is 4.70. The first-order chi connectivity index (χ1) is 9.89. The molecular formula is C14H16BrN3O2S. The number of sulfonamides is 1. The van der Waals surface area contributed by atoms with E-state index in [0.717, 1.165) is 15.6 Å². The van der Waals surface area contributed by atoms with Crippen LogP contribution in [0, 0.1) is 6.92 Å². The minimum Gasteiger partial charge on any atom is -0.326 e. The summed E-state index contributed by atoms with van der Waals surface area (Å²) in [5, 5.41) is 0. The highest BCUT2D eigenvalue weighted by molar-refractivity contribution is 9.10. The smallest absolute Gasteiger partial charge is 0.238 e. The quantitative estimate of drug-likeness (QED) is 0.847. The molecule has 1 aromatic heterocycles. The molecule has 1 heterocycles. The van der Waals surface area contributed by atoms with Gasteiger partial charge < -0.3 is 5.73 Å². The van der Waals surface area contributed by atoms with Crippen molar-refractivity contribution in [2.75, 3.05) is 4.72 Å². The summed E-state index contributed by atoms with van der Waals surface area (Å²) in [6.07, 6.45) is 1.56. The maximum absolute atomic E-state index is 12.2. The van der Waals surface area contributed by atoms with E-state index >= 15 is 0 Å². The highest BCUT2D eigenvalue weighted by Gasteiger charge is 2.14. The zero-order valence-electron chi connectivity index (χ0n) is 11.5. The number of hydrogen-bond acceptors (Lipinski definition) is 4. The van der Waals surface area contributed by atoms with Crippen molar-refractivity contribution in [1.82, 2.24) is 4.98 Å². The molecule has 0 radical (unpaired) electrons. The Bertz CT molecular complexity index is 730. The van der Waals surface area contributed by atoms with Crippen molar-refractivity contribution >= 4 is 31.8 Å². The maximum atomic E-state index is 12.2. The van der Waals surface area contributed by atoms with Crippen molar-refractivity contribution < 1.29 is 8.42 Å². The molecule has 0 amide bonds. The van der Waals surface area contributed by atoms with Gasteiger partial charge in [-0.15, -0.1) is 0 Å². The Morgan fingerprint density at radius 3 is 2.43 bits per heavy atom. The summed E-state index contributed by atoms with van der Waals surface area (Å²) >= 11 is 3.29. The van der Waals surface area contributed by atoms with Gasteiger partial charge >= 0.3 is 0 Å². The van der Waals surface area contributed by atoms with Crippen molar-refractivity contribution in [2.24, 2.45) is 5.73 Å². The summed E-state index contributed by atoms with van der Waals surface area (Å²) in [5.41, 5.74) is 7.94. The van der Waals surface area contributed by atoms with Crippen molar-refractivity contribution in [1.29, 1.82) is 0 Å². The van der Waals surface area contributed by atoms with Crippen molar-refractivity contribution in [3.8, 4) is 0 Å². The molecule has 0 spiro atoms. The van der Waals surface area contributed by atoms with Crippen LogP contribution in [-0.2, 0) is 22.3 Å². The number of hydrogen-bond donors (Lipinski definition) is 2. The van der Waals surface area contributed by atoms with Gasteiger partial charge in [0.25, 0.3) is 0 Å². The van der Waals surface area contributed by atoms with E-state index in [0.29, 0.717) is 17.9 Å². The third-order valence-corrected chi connectivity index (χ3v) is 4.56. The standard InChI is InChI=1S/C14H16BrN3O2S/c1-10-6-13(15)8-17-14(10)18-21(19,20)9-12-4-2-11(7-16)3-5-12/h2-6,8H,7,9,16H2,1H3,(H,17,18). The molecule has 0 aliphatic rings. The van der Waals surface area contributed by atoms with Crippen LogP contribution < -0.4 is 10.5 Å². The lowest BCUT2D eigenvalue weighted by molar-refractivity contribution is 0.600. The number of nitrogens with one attached hydrogen (secondary N) is 1. The lowest BCUT2D eigenvalue weighted by Gasteiger charge is -2.10. The second-order valence-corrected chi connectivity index (χ2v) is 7.34. The summed E-state index contributed by atoms with van der Waals surface area (Å²) < 4.78 is 27.7. The van der Waals surface area contributed by atoms with E-state index in [1.807, 2.05) is 12.1 Å². The molecule has 0 saturated heterocycles. The normalized spacial score (nSPS) is 11.4. The van der Waals surface area contributed by atoms with E-state index in [1.54, 1.807) is 31.3 Å². The number of anilines is 1. The lowest BCUT2D eigenvalue weighted by Crippen LogP contribution is -2.16. The summed E-state index contributed by atoms with van der Waals surface area (Å²) in [6, 6.07) is 9.00. The van der Waals surface area contributed by atoms with Gasteiger partial charge in [0.2, 0.25) is 10.0 Å². The molecule has 112 valence electrons. The Kier molecular flexibility index (Phi) is 4.97. The second kappa shape index (κ2) is 6.55. The third kappa shape index (κ3) is 4.52. The van der Waals surface area contributed by atoms with Crippen LogP contribution in [0.1, 0.15) is 16.7 Å². The number of pyridine rings is 1. The highest BCUT2D eigenvalue weighted by Crippen LogP contribution is 2.19. The minimum absolute atomic E-state index is 0.102. The van der Waals surface area contributed by atoms with Gasteiger partial charge in [0.05, 0.1) is 5.75 Å². The van der Waals surface area contributed by atoms with Crippen LogP contribution in [0.3, 0.4) is 0 Å². The third-order valence-electron chi connectivity index (χ3n) is 2.91. The molecule has 0 unspecified atom stereocenters. The molecule has 5 nitrogen and oxygen atoms in total. The van der Waals surface area contributed by atoms with Crippen LogP contribution in [0.25, 0.3) is 0 Å². The van der Waals surface area contributed by atoms with Gasteiger partial charge in [0.1, 0.15) is 5.82 Å². The predicted octanol–water partition coefficient (Wildman–Crippen LogP) is 2.55. The van der Waals surface area contributed by atoms with Crippen LogP contribution in [0.4, 0.5) is 5.82 Å². The number of aromatic nitrogens is 1. The monoisotopic (exact) mass is 369 g/mol. The molecule has 2 rings (SSSR count). The zero-order chi connectivity index (χ0) is 15.5. The van der Waals surface area contributed by atoms with Gasteiger partial charge in [-0.2, -0.15) is 0 Å². The van der Waals surface area contributed by atoms with Crippen LogP contribution in [0.2, 0.25) is 0 Å². The first kappa shape index (κ1) is 15.9. The van der Waals surface area contributed by atoms with Gasteiger partial charge in [-0.05, 0) is 45.6 Å². The first-order valence-electron chi connectivity index (χ1n) is 6.30. The summed E-state index contributed by atoms with van der Waals surface area (Å²) in [5.74, 6) is 0.242. The molecule has 0 fully saturated rings. The Labute approximate surface area is 132 Å². The topological polar surface area (TPSA) is 85.1 Å². The number of nitrogens with two attached hydrogens (primary N) is 1. The van der Waals surface area contributed by atoms with E-state index in [1.165, 1.54) is 0 Å². The zero-order valence-corrected chi connectivity index (χ0v) is 13.9. The van der Waals surface area contributed by atoms with Crippen LogP contribution in [0.5, 0.6) is 0 Å². The molecular weight excluding hydrogens is 354 g/mol. The predicted molar refractivity (Wildman–Crippen MR) is 87.3 cm³/mol. The van der Waals surface area contributed by atoms with E-state index in [4.69, 9.17) is 5.73 Å². The highest BCUT2D eigenvalue weighted by atomic mass is 79.9. The molecule has 3 N–H and O–H groups in total. The van der Waals surface area contributed by atoms with Gasteiger partial charge in [0, 0.05) is 17.2 Å². The molecule has 21 heavy (non-hydrogen) atoms. The van der Waals surface area contributed by atoms with E-state index in [-0.39, 0.29) is 5.75 Å². The Balaban J connectivity index is 2.14. The number of nitrogens with zero attached hydrogens (tertiary/aromatic N) is 1. The summed E-state index contributed by atoms with van der Waals surface area (Å²) in [4.78, 5) is 4.08. The van der Waals surface area contributed by atoms with Gasteiger partial charge in [0.15, 0.2) is 0 Å². The molecule has 0 aliphatic heterocycles. The van der Waals surface area contributed by atoms with Gasteiger partial charge in [-0.25, -0.2) is 13.4 Å². The molecule has 0 aliphatic carbocycles. The molecule has 2 aromatic rings. The van der Waals surface area contributed by atoms with Crippen molar-refractivity contribution in [3.63, 3.8) is 0 Å². The van der Waals surface area contributed by atoms with Gasteiger partial charge in [-0.3, -0.25) is 4.72 Å². The van der Waals surface area contributed by atoms with E-state index in [9.17, 15) is 8.42 Å². The Morgan fingerprint density at radius 1 is 1.24 bits per heavy atom. The average molecular weight is 370 g/mol. The maximum Gasteiger partial charge on any atom is 0.238 e. The minimum atomic E-state index is -3.50.